The van der Waals surface area contributed by atoms with Crippen molar-refractivity contribution in [3.8, 4) is 11.3 Å². The van der Waals surface area contributed by atoms with E-state index in [0.29, 0.717) is 5.92 Å². The van der Waals surface area contributed by atoms with E-state index in [0.717, 1.165) is 29.1 Å². The summed E-state index contributed by atoms with van der Waals surface area (Å²) in [6, 6.07) is 0. The molecule has 0 amide bonds. The van der Waals surface area contributed by atoms with Crippen LogP contribution in [0.2, 0.25) is 0 Å². The van der Waals surface area contributed by atoms with E-state index in [2.05, 4.69) is 32.1 Å². The van der Waals surface area contributed by atoms with E-state index in [9.17, 15) is 0 Å². The monoisotopic (exact) mass is 271 g/mol. The first-order valence-electron chi connectivity index (χ1n) is 7.22. The third kappa shape index (κ3) is 2.88. The maximum Gasteiger partial charge on any atom is 0.0919 e. The summed E-state index contributed by atoms with van der Waals surface area (Å²) < 4.78 is 0. The summed E-state index contributed by atoms with van der Waals surface area (Å²) in [7, 11) is 2.20. The van der Waals surface area contributed by atoms with Crippen LogP contribution in [0.3, 0.4) is 0 Å². The number of hydrogen-bond acceptors (Lipinski definition) is 4. The molecule has 1 aliphatic rings. The highest BCUT2D eigenvalue weighted by Gasteiger charge is 2.18. The van der Waals surface area contributed by atoms with E-state index in [1.54, 1.807) is 6.20 Å². The van der Waals surface area contributed by atoms with Crippen molar-refractivity contribution in [2.24, 2.45) is 5.92 Å². The first-order chi connectivity index (χ1) is 9.72. The number of nitrogens with zero attached hydrogens (tertiary/aromatic N) is 4. The third-order valence-corrected chi connectivity index (χ3v) is 4.03. The summed E-state index contributed by atoms with van der Waals surface area (Å²) in [5.41, 5.74) is 4.04. The van der Waals surface area contributed by atoms with E-state index in [1.807, 2.05) is 19.3 Å². The molecule has 0 spiro atoms. The molecule has 20 heavy (non-hydrogen) atoms. The van der Waals surface area contributed by atoms with Gasteiger partial charge in [0.1, 0.15) is 0 Å². The number of H-pyrrole nitrogens is 1. The minimum absolute atomic E-state index is 0.713. The molecule has 106 valence electrons. The van der Waals surface area contributed by atoms with Crippen molar-refractivity contribution in [3.63, 3.8) is 0 Å². The number of aryl methyl sites for hydroxylation is 1. The lowest BCUT2D eigenvalue weighted by Gasteiger charge is -2.29. The van der Waals surface area contributed by atoms with Crippen LogP contribution in [0.25, 0.3) is 11.3 Å². The van der Waals surface area contributed by atoms with Crippen LogP contribution in [-0.2, 0) is 6.42 Å². The lowest BCUT2D eigenvalue weighted by Crippen LogP contribution is -2.33. The van der Waals surface area contributed by atoms with Crippen molar-refractivity contribution in [1.29, 1.82) is 0 Å². The van der Waals surface area contributed by atoms with Gasteiger partial charge in [0.15, 0.2) is 0 Å². The van der Waals surface area contributed by atoms with Gasteiger partial charge in [0, 0.05) is 24.0 Å². The SMILES string of the molecule is Cc1[nH]ncc1-c1cnc(C[C@H]2CCCN(C)C2)cn1. The van der Waals surface area contributed by atoms with Crippen LogP contribution >= 0.6 is 0 Å². The summed E-state index contributed by atoms with van der Waals surface area (Å²) in [4.78, 5) is 11.5. The Morgan fingerprint density at radius 1 is 1.30 bits per heavy atom. The second-order valence-corrected chi connectivity index (χ2v) is 5.78. The highest BCUT2D eigenvalue weighted by atomic mass is 15.1. The van der Waals surface area contributed by atoms with Gasteiger partial charge < -0.3 is 4.90 Å². The molecule has 0 unspecified atom stereocenters. The van der Waals surface area contributed by atoms with Crippen LogP contribution in [-0.4, -0.2) is 45.2 Å². The number of hydrogen-bond donors (Lipinski definition) is 1. The Kier molecular flexibility index (Phi) is 3.78. The Labute approximate surface area is 119 Å². The van der Waals surface area contributed by atoms with Crippen LogP contribution in [0.1, 0.15) is 24.2 Å². The van der Waals surface area contributed by atoms with Crippen LogP contribution in [0.15, 0.2) is 18.6 Å². The third-order valence-electron chi connectivity index (χ3n) is 4.03. The number of likely N-dealkylation sites (tertiary alicyclic amines) is 1. The minimum atomic E-state index is 0.713. The lowest BCUT2D eigenvalue weighted by atomic mass is 9.94. The molecule has 1 saturated heterocycles. The van der Waals surface area contributed by atoms with Crippen molar-refractivity contribution in [1.82, 2.24) is 25.1 Å². The van der Waals surface area contributed by atoms with Gasteiger partial charge in [-0.2, -0.15) is 5.10 Å². The fourth-order valence-corrected chi connectivity index (χ4v) is 2.94. The molecule has 3 heterocycles. The Morgan fingerprint density at radius 2 is 2.20 bits per heavy atom. The Balaban J connectivity index is 1.69. The highest BCUT2D eigenvalue weighted by molar-refractivity contribution is 5.59. The smallest absolute Gasteiger partial charge is 0.0919 e. The molecule has 0 radical (unpaired) electrons. The van der Waals surface area contributed by atoms with Crippen LogP contribution in [0, 0.1) is 12.8 Å². The number of rotatable bonds is 3. The first-order valence-corrected chi connectivity index (χ1v) is 7.22. The second kappa shape index (κ2) is 5.71. The zero-order valence-corrected chi connectivity index (χ0v) is 12.1. The highest BCUT2D eigenvalue weighted by Crippen LogP contribution is 2.21. The van der Waals surface area contributed by atoms with Gasteiger partial charge in [0.2, 0.25) is 0 Å². The Morgan fingerprint density at radius 3 is 2.85 bits per heavy atom. The molecule has 0 aromatic carbocycles. The van der Waals surface area contributed by atoms with Gasteiger partial charge in [-0.05, 0) is 45.7 Å². The summed E-state index contributed by atoms with van der Waals surface area (Å²) in [5.74, 6) is 0.713. The second-order valence-electron chi connectivity index (χ2n) is 5.78. The Bertz CT molecular complexity index is 560. The number of piperidine rings is 1. The number of aromatic amines is 1. The first kappa shape index (κ1) is 13.2. The maximum atomic E-state index is 4.57. The Hall–Kier alpha value is -1.75. The summed E-state index contributed by atoms with van der Waals surface area (Å²) in [6.07, 6.45) is 9.20. The lowest BCUT2D eigenvalue weighted by molar-refractivity contribution is 0.208. The van der Waals surface area contributed by atoms with E-state index in [1.165, 1.54) is 25.9 Å². The molecule has 1 atom stereocenters. The molecule has 0 saturated carbocycles. The zero-order valence-electron chi connectivity index (χ0n) is 12.1. The van der Waals surface area contributed by atoms with E-state index in [-0.39, 0.29) is 0 Å². The van der Waals surface area contributed by atoms with E-state index < -0.39 is 0 Å². The predicted molar refractivity (Wildman–Crippen MR) is 78.3 cm³/mol. The predicted octanol–water partition coefficient (Wildman–Crippen LogP) is 2.06. The van der Waals surface area contributed by atoms with Gasteiger partial charge >= 0.3 is 0 Å². The van der Waals surface area contributed by atoms with Gasteiger partial charge in [-0.25, -0.2) is 0 Å². The molecule has 1 aliphatic heterocycles. The normalized spacial score (nSPS) is 20.2. The molecule has 0 aliphatic carbocycles. The molecule has 1 N–H and O–H groups in total. The average Bonchev–Trinajstić information content (AvgIpc) is 2.86. The van der Waals surface area contributed by atoms with Crippen molar-refractivity contribution >= 4 is 0 Å². The summed E-state index contributed by atoms with van der Waals surface area (Å²) >= 11 is 0. The van der Waals surface area contributed by atoms with Crippen molar-refractivity contribution in [2.45, 2.75) is 26.2 Å². The summed E-state index contributed by atoms with van der Waals surface area (Å²) in [5, 5.41) is 6.95. The standard InChI is InChI=1S/C15H21N5/c1-11-14(8-18-19-11)15-9-16-13(7-17-15)6-12-4-3-5-20(2)10-12/h7-9,12H,3-6,10H2,1-2H3,(H,18,19)/t12-/m1/s1. The molecule has 2 aromatic rings. The number of nitrogens with one attached hydrogen (secondary N) is 1. The molecule has 5 nitrogen and oxygen atoms in total. The van der Waals surface area contributed by atoms with Gasteiger partial charge in [0.05, 0.1) is 23.8 Å². The summed E-state index contributed by atoms with van der Waals surface area (Å²) in [6.45, 7) is 4.39. The topological polar surface area (TPSA) is 57.7 Å². The van der Waals surface area contributed by atoms with Crippen LogP contribution < -0.4 is 0 Å². The zero-order chi connectivity index (χ0) is 13.9. The van der Waals surface area contributed by atoms with Crippen LogP contribution in [0.4, 0.5) is 0 Å². The van der Waals surface area contributed by atoms with Gasteiger partial charge in [-0.1, -0.05) is 0 Å². The molecular weight excluding hydrogens is 250 g/mol. The molecule has 5 heteroatoms. The fraction of sp³-hybridized carbons (Fsp3) is 0.533. The molecule has 1 fully saturated rings. The molecular formula is C15H21N5. The fourth-order valence-electron chi connectivity index (χ4n) is 2.94. The minimum Gasteiger partial charge on any atom is -0.306 e. The molecule has 0 bridgehead atoms. The quantitative estimate of drug-likeness (QED) is 0.928. The van der Waals surface area contributed by atoms with Gasteiger partial charge in [-0.3, -0.25) is 15.1 Å². The number of aromatic nitrogens is 4. The largest absolute Gasteiger partial charge is 0.306 e. The van der Waals surface area contributed by atoms with Crippen LogP contribution in [0.5, 0.6) is 0 Å². The van der Waals surface area contributed by atoms with Crippen molar-refractivity contribution in [3.05, 3.63) is 30.0 Å². The van der Waals surface area contributed by atoms with E-state index in [4.69, 9.17) is 0 Å². The van der Waals surface area contributed by atoms with E-state index >= 15 is 0 Å². The van der Waals surface area contributed by atoms with Crippen molar-refractivity contribution in [2.75, 3.05) is 20.1 Å². The van der Waals surface area contributed by atoms with Crippen molar-refractivity contribution < 1.29 is 0 Å². The average molecular weight is 271 g/mol. The van der Waals surface area contributed by atoms with Gasteiger partial charge in [0.25, 0.3) is 0 Å². The van der Waals surface area contributed by atoms with Gasteiger partial charge in [-0.15, -0.1) is 0 Å². The molecule has 2 aromatic heterocycles. The maximum absolute atomic E-state index is 4.57. The molecule has 3 rings (SSSR count).